The van der Waals surface area contributed by atoms with Crippen molar-refractivity contribution in [3.8, 4) is 0 Å². The first-order valence-electron chi connectivity index (χ1n) is 7.88. The average molecular weight is 305 g/mol. The van der Waals surface area contributed by atoms with Crippen LogP contribution in [-0.2, 0) is 26.4 Å². The largest absolute Gasteiger partial charge is 0.298 e. The normalized spacial score (nSPS) is 14.9. The first-order chi connectivity index (χ1) is 10.2. The maximum absolute atomic E-state index is 12.8. The lowest BCUT2D eigenvalue weighted by Gasteiger charge is -2.19. The Morgan fingerprint density at radius 2 is 1.95 bits per heavy atom. The zero-order chi connectivity index (χ0) is 15.0. The molecular weight excluding hydrogens is 282 g/mol. The molecule has 0 aromatic carbocycles. The molecule has 0 amide bonds. The van der Waals surface area contributed by atoms with Gasteiger partial charge in [0.2, 0.25) is 0 Å². The van der Waals surface area contributed by atoms with E-state index >= 15 is 0 Å². The number of aryl methyl sites for hydroxylation is 2. The molecule has 5 heteroatoms. The Labute approximate surface area is 129 Å². The van der Waals surface area contributed by atoms with E-state index in [1.54, 1.807) is 15.9 Å². The zero-order valence-electron chi connectivity index (χ0n) is 13.1. The van der Waals surface area contributed by atoms with E-state index in [2.05, 4.69) is 18.7 Å². The lowest BCUT2D eigenvalue weighted by molar-refractivity contribution is 0.284. The van der Waals surface area contributed by atoms with Gasteiger partial charge in [-0.2, -0.15) is 0 Å². The van der Waals surface area contributed by atoms with Crippen molar-refractivity contribution in [1.29, 1.82) is 0 Å². The summed E-state index contributed by atoms with van der Waals surface area (Å²) >= 11 is 1.74. The van der Waals surface area contributed by atoms with Gasteiger partial charge in [-0.05, 0) is 44.3 Å². The minimum Gasteiger partial charge on any atom is -0.298 e. The maximum atomic E-state index is 12.8. The van der Waals surface area contributed by atoms with Crippen molar-refractivity contribution < 1.29 is 0 Å². The van der Waals surface area contributed by atoms with Crippen LogP contribution in [0.2, 0.25) is 0 Å². The van der Waals surface area contributed by atoms with Crippen LogP contribution in [0.5, 0.6) is 0 Å². The number of hydrogen-bond donors (Lipinski definition) is 0. The third kappa shape index (κ3) is 2.53. The van der Waals surface area contributed by atoms with Crippen LogP contribution in [0.1, 0.15) is 43.0 Å². The minimum absolute atomic E-state index is 0.140. The fourth-order valence-corrected chi connectivity index (χ4v) is 4.39. The van der Waals surface area contributed by atoms with Gasteiger partial charge in [-0.25, -0.2) is 4.98 Å². The lowest BCUT2D eigenvalue weighted by atomic mass is 9.97. The molecule has 114 valence electrons. The summed E-state index contributed by atoms with van der Waals surface area (Å²) in [5.74, 6) is 0.884. The van der Waals surface area contributed by atoms with E-state index in [-0.39, 0.29) is 5.56 Å². The summed E-state index contributed by atoms with van der Waals surface area (Å²) in [4.78, 5) is 22.2. The predicted octanol–water partition coefficient (Wildman–Crippen LogP) is 2.72. The molecule has 0 aliphatic heterocycles. The summed E-state index contributed by atoms with van der Waals surface area (Å²) in [6.07, 6.45) is 4.60. The molecule has 4 nitrogen and oxygen atoms in total. The molecule has 0 unspecified atom stereocenters. The molecule has 0 spiro atoms. The highest BCUT2D eigenvalue weighted by molar-refractivity contribution is 7.18. The maximum Gasteiger partial charge on any atom is 0.262 e. The van der Waals surface area contributed by atoms with Gasteiger partial charge in [0.25, 0.3) is 5.56 Å². The second-order valence-corrected chi connectivity index (χ2v) is 6.83. The van der Waals surface area contributed by atoms with Crippen molar-refractivity contribution in [3.05, 3.63) is 26.6 Å². The summed E-state index contributed by atoms with van der Waals surface area (Å²) in [7, 11) is 1.86. The first kappa shape index (κ1) is 14.7. The van der Waals surface area contributed by atoms with Crippen LogP contribution in [0.3, 0.4) is 0 Å². The van der Waals surface area contributed by atoms with Crippen molar-refractivity contribution in [2.75, 3.05) is 13.1 Å². The number of aromatic nitrogens is 2. The van der Waals surface area contributed by atoms with Crippen LogP contribution >= 0.6 is 11.3 Å². The Hall–Kier alpha value is -1.20. The van der Waals surface area contributed by atoms with E-state index in [9.17, 15) is 4.79 Å². The highest BCUT2D eigenvalue weighted by atomic mass is 32.1. The highest BCUT2D eigenvalue weighted by Crippen LogP contribution is 2.33. The molecule has 0 atom stereocenters. The number of nitrogens with zero attached hydrogens (tertiary/aromatic N) is 3. The molecule has 0 saturated heterocycles. The van der Waals surface area contributed by atoms with Crippen LogP contribution in [0.15, 0.2) is 4.79 Å². The standard InChI is InChI=1S/C16H23N3OS/c1-4-19(5-2)10-13-17-15-14(16(20)18(13)3)11-8-6-7-9-12(11)21-15/h4-10H2,1-3H3. The van der Waals surface area contributed by atoms with E-state index in [0.717, 1.165) is 48.5 Å². The third-order valence-electron chi connectivity index (χ3n) is 4.55. The van der Waals surface area contributed by atoms with Gasteiger partial charge in [0.1, 0.15) is 10.7 Å². The van der Waals surface area contributed by atoms with E-state index in [4.69, 9.17) is 4.98 Å². The summed E-state index contributed by atoms with van der Waals surface area (Å²) in [5.41, 5.74) is 1.42. The second-order valence-electron chi connectivity index (χ2n) is 5.74. The molecule has 0 N–H and O–H groups in total. The smallest absolute Gasteiger partial charge is 0.262 e. The molecule has 0 bridgehead atoms. The van der Waals surface area contributed by atoms with Gasteiger partial charge in [0.05, 0.1) is 11.9 Å². The quantitative estimate of drug-likeness (QED) is 0.872. The van der Waals surface area contributed by atoms with Crippen LogP contribution in [0.4, 0.5) is 0 Å². The molecule has 21 heavy (non-hydrogen) atoms. The number of fused-ring (bicyclic) bond motifs is 3. The third-order valence-corrected chi connectivity index (χ3v) is 5.73. The van der Waals surface area contributed by atoms with Crippen molar-refractivity contribution in [2.45, 2.75) is 46.1 Å². The highest BCUT2D eigenvalue weighted by Gasteiger charge is 2.21. The summed E-state index contributed by atoms with van der Waals surface area (Å²) in [6, 6.07) is 0. The van der Waals surface area contributed by atoms with Crippen molar-refractivity contribution in [2.24, 2.45) is 7.05 Å². The monoisotopic (exact) mass is 305 g/mol. The molecule has 2 aromatic heterocycles. The molecule has 1 aliphatic rings. The molecule has 0 radical (unpaired) electrons. The average Bonchev–Trinajstić information content (AvgIpc) is 2.87. The molecule has 1 aliphatic carbocycles. The zero-order valence-corrected chi connectivity index (χ0v) is 13.9. The SMILES string of the molecule is CCN(CC)Cc1nc2sc3c(c2c(=O)n1C)CCCC3. The Morgan fingerprint density at radius 1 is 1.24 bits per heavy atom. The van der Waals surface area contributed by atoms with Crippen LogP contribution < -0.4 is 5.56 Å². The van der Waals surface area contributed by atoms with E-state index < -0.39 is 0 Å². The number of rotatable bonds is 4. The van der Waals surface area contributed by atoms with Crippen LogP contribution in [-0.4, -0.2) is 27.5 Å². The van der Waals surface area contributed by atoms with Gasteiger partial charge in [0.15, 0.2) is 0 Å². The van der Waals surface area contributed by atoms with E-state index in [1.165, 1.54) is 23.3 Å². The molecule has 2 heterocycles. The molecule has 0 fully saturated rings. The molecule has 2 aromatic rings. The Balaban J connectivity index is 2.12. The number of thiophene rings is 1. The van der Waals surface area contributed by atoms with E-state index in [1.807, 2.05) is 7.05 Å². The minimum atomic E-state index is 0.140. The van der Waals surface area contributed by atoms with Crippen molar-refractivity contribution in [1.82, 2.24) is 14.5 Å². The molecular formula is C16H23N3OS. The topological polar surface area (TPSA) is 38.1 Å². The van der Waals surface area contributed by atoms with Crippen molar-refractivity contribution >= 4 is 21.6 Å². The lowest BCUT2D eigenvalue weighted by Crippen LogP contribution is -2.29. The van der Waals surface area contributed by atoms with Gasteiger partial charge >= 0.3 is 0 Å². The van der Waals surface area contributed by atoms with Gasteiger partial charge in [-0.1, -0.05) is 13.8 Å². The fraction of sp³-hybridized carbons (Fsp3) is 0.625. The summed E-state index contributed by atoms with van der Waals surface area (Å²) in [6.45, 7) is 6.99. The van der Waals surface area contributed by atoms with Gasteiger partial charge < -0.3 is 0 Å². The summed E-state index contributed by atoms with van der Waals surface area (Å²) < 4.78 is 1.75. The fourth-order valence-electron chi connectivity index (χ4n) is 3.12. The number of hydrogen-bond acceptors (Lipinski definition) is 4. The Kier molecular flexibility index (Phi) is 4.13. The first-order valence-corrected chi connectivity index (χ1v) is 8.69. The van der Waals surface area contributed by atoms with Gasteiger partial charge in [-0.15, -0.1) is 11.3 Å². The Bertz CT molecular complexity index is 712. The predicted molar refractivity (Wildman–Crippen MR) is 88.1 cm³/mol. The molecule has 0 saturated carbocycles. The second kappa shape index (κ2) is 5.89. The molecule has 3 rings (SSSR count). The van der Waals surface area contributed by atoms with E-state index in [0.29, 0.717) is 0 Å². The van der Waals surface area contributed by atoms with Crippen molar-refractivity contribution in [3.63, 3.8) is 0 Å². The summed E-state index contributed by atoms with van der Waals surface area (Å²) in [5, 5.41) is 0.889. The Morgan fingerprint density at radius 3 is 2.67 bits per heavy atom. The van der Waals surface area contributed by atoms with Crippen LogP contribution in [0, 0.1) is 0 Å². The van der Waals surface area contributed by atoms with Crippen LogP contribution in [0.25, 0.3) is 10.2 Å². The van der Waals surface area contributed by atoms with Gasteiger partial charge in [0, 0.05) is 11.9 Å². The van der Waals surface area contributed by atoms with Gasteiger partial charge in [-0.3, -0.25) is 14.3 Å².